The number of hydrogen-bond donors (Lipinski definition) is 1. The molecule has 0 aliphatic heterocycles. The average molecular weight is 290 g/mol. The standard InChI is InChI=1S/C15H18N2O4/c1-4-9-20-11-7-5-6-8-12(11)21-14-13(15(18)19)10(2)16-17(14)3/h5-8H,4,9H2,1-3H3,(H,18,19). The first-order chi connectivity index (χ1) is 10.0. The highest BCUT2D eigenvalue weighted by Gasteiger charge is 2.22. The molecule has 6 heteroatoms. The number of para-hydroxylation sites is 2. The van der Waals surface area contributed by atoms with Crippen molar-refractivity contribution in [3.8, 4) is 17.4 Å². The lowest BCUT2D eigenvalue weighted by Gasteiger charge is -2.12. The summed E-state index contributed by atoms with van der Waals surface area (Å²) in [7, 11) is 1.64. The van der Waals surface area contributed by atoms with Crippen LogP contribution in [-0.2, 0) is 7.05 Å². The first kappa shape index (κ1) is 14.9. The maximum Gasteiger partial charge on any atom is 0.343 e. The SMILES string of the molecule is CCCOc1ccccc1Oc1c(C(=O)O)c(C)nn1C. The quantitative estimate of drug-likeness (QED) is 0.885. The number of hydrogen-bond acceptors (Lipinski definition) is 4. The van der Waals surface area contributed by atoms with Gasteiger partial charge >= 0.3 is 5.97 Å². The predicted octanol–water partition coefficient (Wildman–Crippen LogP) is 3.01. The zero-order valence-corrected chi connectivity index (χ0v) is 12.3. The second-order valence-corrected chi connectivity index (χ2v) is 4.59. The maximum atomic E-state index is 11.3. The Hall–Kier alpha value is -2.50. The summed E-state index contributed by atoms with van der Waals surface area (Å²) in [5.74, 6) is 0.168. The molecule has 112 valence electrons. The second-order valence-electron chi connectivity index (χ2n) is 4.59. The van der Waals surface area contributed by atoms with Gasteiger partial charge in [-0.1, -0.05) is 19.1 Å². The number of carboxylic acid groups (broad SMARTS) is 1. The lowest BCUT2D eigenvalue weighted by Crippen LogP contribution is -2.03. The molecule has 0 radical (unpaired) electrons. The molecule has 0 unspecified atom stereocenters. The van der Waals surface area contributed by atoms with Crippen LogP contribution in [0, 0.1) is 6.92 Å². The third-order valence-electron chi connectivity index (χ3n) is 2.90. The van der Waals surface area contributed by atoms with Gasteiger partial charge in [0.2, 0.25) is 5.88 Å². The van der Waals surface area contributed by atoms with E-state index in [1.807, 2.05) is 13.0 Å². The maximum absolute atomic E-state index is 11.3. The number of ether oxygens (including phenoxy) is 2. The number of carboxylic acids is 1. The van der Waals surface area contributed by atoms with Gasteiger partial charge in [0.25, 0.3) is 0 Å². The van der Waals surface area contributed by atoms with E-state index in [0.29, 0.717) is 23.8 Å². The molecule has 0 bridgehead atoms. The number of benzene rings is 1. The molecule has 21 heavy (non-hydrogen) atoms. The zero-order valence-electron chi connectivity index (χ0n) is 12.3. The van der Waals surface area contributed by atoms with Gasteiger partial charge in [-0.3, -0.25) is 0 Å². The Morgan fingerprint density at radius 2 is 2.00 bits per heavy atom. The lowest BCUT2D eigenvalue weighted by molar-refractivity contribution is 0.0693. The summed E-state index contributed by atoms with van der Waals surface area (Å²) >= 11 is 0. The first-order valence-corrected chi connectivity index (χ1v) is 6.71. The van der Waals surface area contributed by atoms with Gasteiger partial charge in [0.15, 0.2) is 11.5 Å². The molecule has 1 aromatic carbocycles. The summed E-state index contributed by atoms with van der Waals surface area (Å²) in [5.41, 5.74) is 0.467. The highest BCUT2D eigenvalue weighted by Crippen LogP contribution is 2.33. The molecule has 0 fully saturated rings. The van der Waals surface area contributed by atoms with Crippen molar-refractivity contribution in [2.75, 3.05) is 6.61 Å². The molecule has 0 aliphatic carbocycles. The van der Waals surface area contributed by atoms with Gasteiger partial charge in [-0.25, -0.2) is 9.48 Å². The number of aromatic nitrogens is 2. The van der Waals surface area contributed by atoms with Crippen LogP contribution < -0.4 is 9.47 Å². The molecule has 0 spiro atoms. The van der Waals surface area contributed by atoms with E-state index >= 15 is 0 Å². The van der Waals surface area contributed by atoms with Crippen LogP contribution >= 0.6 is 0 Å². The summed E-state index contributed by atoms with van der Waals surface area (Å²) in [6, 6.07) is 7.16. The summed E-state index contributed by atoms with van der Waals surface area (Å²) in [6.07, 6.45) is 0.875. The van der Waals surface area contributed by atoms with Crippen molar-refractivity contribution >= 4 is 5.97 Å². The monoisotopic (exact) mass is 290 g/mol. The summed E-state index contributed by atoms with van der Waals surface area (Å²) in [5, 5.41) is 13.4. The van der Waals surface area contributed by atoms with E-state index in [1.54, 1.807) is 32.2 Å². The molecule has 0 saturated carbocycles. The summed E-state index contributed by atoms with van der Waals surface area (Å²) in [6.45, 7) is 4.21. The molecule has 0 aliphatic rings. The minimum Gasteiger partial charge on any atom is -0.490 e. The Balaban J connectivity index is 2.37. The van der Waals surface area contributed by atoms with Crippen LogP contribution in [0.1, 0.15) is 29.4 Å². The van der Waals surface area contributed by atoms with E-state index < -0.39 is 5.97 Å². The highest BCUT2D eigenvalue weighted by molar-refractivity contribution is 5.91. The van der Waals surface area contributed by atoms with Crippen LogP contribution in [0.25, 0.3) is 0 Å². The minimum atomic E-state index is -1.07. The normalized spacial score (nSPS) is 10.4. The van der Waals surface area contributed by atoms with Crippen molar-refractivity contribution in [1.82, 2.24) is 9.78 Å². The lowest BCUT2D eigenvalue weighted by atomic mass is 10.2. The van der Waals surface area contributed by atoms with Gasteiger partial charge in [-0.05, 0) is 25.5 Å². The Bertz CT molecular complexity index is 649. The van der Waals surface area contributed by atoms with Crippen molar-refractivity contribution < 1.29 is 19.4 Å². The minimum absolute atomic E-state index is 0.0581. The van der Waals surface area contributed by atoms with Crippen molar-refractivity contribution in [2.45, 2.75) is 20.3 Å². The van der Waals surface area contributed by atoms with Crippen LogP contribution in [0.3, 0.4) is 0 Å². The molecular weight excluding hydrogens is 272 g/mol. The molecule has 0 atom stereocenters. The van der Waals surface area contributed by atoms with Crippen molar-refractivity contribution in [3.05, 3.63) is 35.5 Å². The largest absolute Gasteiger partial charge is 0.490 e. The van der Waals surface area contributed by atoms with E-state index in [1.165, 1.54) is 4.68 Å². The molecule has 0 amide bonds. The summed E-state index contributed by atoms with van der Waals surface area (Å²) < 4.78 is 12.8. The number of aryl methyl sites for hydroxylation is 2. The van der Waals surface area contributed by atoms with Crippen molar-refractivity contribution in [1.29, 1.82) is 0 Å². The summed E-state index contributed by atoms with van der Waals surface area (Å²) in [4.78, 5) is 11.3. The fourth-order valence-corrected chi connectivity index (χ4v) is 1.97. The van der Waals surface area contributed by atoms with Crippen molar-refractivity contribution in [3.63, 3.8) is 0 Å². The molecule has 1 N–H and O–H groups in total. The first-order valence-electron chi connectivity index (χ1n) is 6.71. The Kier molecular flexibility index (Phi) is 4.47. The highest BCUT2D eigenvalue weighted by atomic mass is 16.5. The molecular formula is C15H18N2O4. The topological polar surface area (TPSA) is 73.6 Å². The fraction of sp³-hybridized carbons (Fsp3) is 0.333. The van der Waals surface area contributed by atoms with E-state index in [2.05, 4.69) is 5.10 Å². The van der Waals surface area contributed by atoms with Gasteiger partial charge in [0.1, 0.15) is 5.56 Å². The van der Waals surface area contributed by atoms with E-state index in [9.17, 15) is 9.90 Å². The molecule has 2 rings (SSSR count). The van der Waals surface area contributed by atoms with Gasteiger partial charge in [0.05, 0.1) is 12.3 Å². The predicted molar refractivity (Wildman–Crippen MR) is 77.2 cm³/mol. The molecule has 0 saturated heterocycles. The number of carbonyl (C=O) groups is 1. The molecule has 2 aromatic rings. The molecule has 1 heterocycles. The second kappa shape index (κ2) is 6.30. The van der Waals surface area contributed by atoms with E-state index in [0.717, 1.165) is 6.42 Å². The fourth-order valence-electron chi connectivity index (χ4n) is 1.97. The molecule has 6 nitrogen and oxygen atoms in total. The van der Waals surface area contributed by atoms with Gasteiger partial charge in [-0.15, -0.1) is 0 Å². The van der Waals surface area contributed by atoms with Crippen LogP contribution in [0.2, 0.25) is 0 Å². The van der Waals surface area contributed by atoms with Crippen LogP contribution in [0.15, 0.2) is 24.3 Å². The van der Waals surface area contributed by atoms with Gasteiger partial charge < -0.3 is 14.6 Å². The van der Waals surface area contributed by atoms with E-state index in [4.69, 9.17) is 9.47 Å². The average Bonchev–Trinajstić information content (AvgIpc) is 2.72. The van der Waals surface area contributed by atoms with Gasteiger partial charge in [-0.2, -0.15) is 5.10 Å². The molecule has 1 aromatic heterocycles. The van der Waals surface area contributed by atoms with Crippen LogP contribution in [0.4, 0.5) is 0 Å². The Labute approximate surface area is 122 Å². The smallest absolute Gasteiger partial charge is 0.343 e. The Morgan fingerprint density at radius 1 is 1.33 bits per heavy atom. The van der Waals surface area contributed by atoms with Gasteiger partial charge in [0, 0.05) is 7.05 Å². The van der Waals surface area contributed by atoms with Crippen LogP contribution in [0.5, 0.6) is 17.4 Å². The number of nitrogens with zero attached hydrogens (tertiary/aromatic N) is 2. The van der Waals surface area contributed by atoms with E-state index in [-0.39, 0.29) is 11.4 Å². The van der Waals surface area contributed by atoms with Crippen molar-refractivity contribution in [2.24, 2.45) is 7.05 Å². The number of rotatable bonds is 6. The third-order valence-corrected chi connectivity index (χ3v) is 2.90. The zero-order chi connectivity index (χ0) is 15.4. The number of aromatic carboxylic acids is 1. The van der Waals surface area contributed by atoms with Crippen LogP contribution in [-0.4, -0.2) is 27.5 Å². The Morgan fingerprint density at radius 3 is 2.62 bits per heavy atom. The third kappa shape index (κ3) is 3.16.